The Kier molecular flexibility index (Phi) is 6.43. The van der Waals surface area contributed by atoms with E-state index in [4.69, 9.17) is 14.2 Å². The van der Waals surface area contributed by atoms with Crippen LogP contribution in [-0.4, -0.2) is 80.7 Å². The lowest BCUT2D eigenvalue weighted by Gasteiger charge is -2.46. The van der Waals surface area contributed by atoms with Crippen molar-refractivity contribution in [3.63, 3.8) is 0 Å². The van der Waals surface area contributed by atoms with Crippen LogP contribution in [0, 0.1) is 5.82 Å². The highest BCUT2D eigenvalue weighted by Crippen LogP contribution is 2.35. The number of aliphatic imine (C=N–C) groups is 1. The number of ether oxygens (including phenoxy) is 3. The number of halogens is 1. The van der Waals surface area contributed by atoms with Crippen LogP contribution >= 0.6 is 0 Å². The second-order valence-corrected chi connectivity index (χ2v) is 8.37. The molecule has 1 amide bonds. The molecular formula is C21H30FN3O4. The molecule has 0 N–H and O–H groups in total. The summed E-state index contributed by atoms with van der Waals surface area (Å²) in [5, 5.41) is 0. The maximum absolute atomic E-state index is 14.2. The molecule has 2 heterocycles. The zero-order chi connectivity index (χ0) is 21.2. The Hall–Kier alpha value is -2.19. The molecule has 0 saturated carbocycles. The van der Waals surface area contributed by atoms with Gasteiger partial charge < -0.3 is 19.1 Å². The molecule has 2 aliphatic heterocycles. The number of hydrogen-bond donors (Lipinski definition) is 0. The largest absolute Gasteiger partial charge is 0.496 e. The molecule has 2 fully saturated rings. The van der Waals surface area contributed by atoms with E-state index in [2.05, 4.69) is 9.89 Å². The molecule has 3 rings (SSSR count). The van der Waals surface area contributed by atoms with E-state index in [1.807, 2.05) is 20.8 Å². The normalized spacial score (nSPS) is 23.2. The molecule has 2 aliphatic rings. The fourth-order valence-electron chi connectivity index (χ4n) is 3.79. The van der Waals surface area contributed by atoms with Crippen LogP contribution in [0.1, 0.15) is 38.0 Å². The van der Waals surface area contributed by atoms with Crippen LogP contribution in [0.15, 0.2) is 17.1 Å². The van der Waals surface area contributed by atoms with Crippen molar-refractivity contribution in [2.45, 2.75) is 38.5 Å². The van der Waals surface area contributed by atoms with Gasteiger partial charge in [0.1, 0.15) is 17.2 Å². The average Bonchev–Trinajstić information content (AvgIpc) is 2.67. The summed E-state index contributed by atoms with van der Waals surface area (Å²) >= 11 is 0. The first-order valence-corrected chi connectivity index (χ1v) is 9.85. The molecule has 0 bridgehead atoms. The van der Waals surface area contributed by atoms with E-state index < -0.39 is 5.60 Å². The Morgan fingerprint density at radius 1 is 1.31 bits per heavy atom. The van der Waals surface area contributed by atoms with Crippen LogP contribution in [0.4, 0.5) is 9.18 Å². The van der Waals surface area contributed by atoms with Crippen LogP contribution in [0.3, 0.4) is 0 Å². The summed E-state index contributed by atoms with van der Waals surface area (Å²) in [6, 6.07) is 3.24. The number of morpholine rings is 1. The SMILES string of the molecule is CN=Cc1c(F)ccc(C2CN3CCN(C(=O)OC(C)(C)C)CC3CO2)c1OC. The lowest BCUT2D eigenvalue weighted by molar-refractivity contribution is -0.0911. The minimum absolute atomic E-state index is 0.107. The minimum atomic E-state index is -0.513. The molecule has 8 heteroatoms. The standard InChI is InChI=1S/C21H30FN3O4/c1-21(2,3)29-20(26)25-9-8-24-12-18(28-13-14(24)11-25)15-6-7-17(22)16(10-23-4)19(15)27-5/h6-7,10,14,18H,8-9,11-13H2,1-5H3. The number of amides is 1. The second-order valence-electron chi connectivity index (χ2n) is 8.37. The Morgan fingerprint density at radius 2 is 2.07 bits per heavy atom. The van der Waals surface area contributed by atoms with Crippen LogP contribution in [0.25, 0.3) is 0 Å². The van der Waals surface area contributed by atoms with Gasteiger partial charge in [-0.1, -0.05) is 0 Å². The number of rotatable bonds is 3. The van der Waals surface area contributed by atoms with Gasteiger partial charge in [-0.3, -0.25) is 9.89 Å². The maximum Gasteiger partial charge on any atom is 0.410 e. The molecule has 29 heavy (non-hydrogen) atoms. The van der Waals surface area contributed by atoms with Gasteiger partial charge in [-0.15, -0.1) is 0 Å². The molecule has 0 aromatic heterocycles. The first-order valence-electron chi connectivity index (χ1n) is 9.85. The third kappa shape index (κ3) is 4.87. The van der Waals surface area contributed by atoms with E-state index >= 15 is 0 Å². The Bertz CT molecular complexity index is 778. The quantitative estimate of drug-likeness (QED) is 0.721. The molecule has 1 aromatic rings. The highest BCUT2D eigenvalue weighted by atomic mass is 19.1. The van der Waals surface area contributed by atoms with Crippen molar-refractivity contribution >= 4 is 12.3 Å². The second kappa shape index (κ2) is 8.67. The Morgan fingerprint density at radius 3 is 2.72 bits per heavy atom. The van der Waals surface area contributed by atoms with Crippen LogP contribution in [0.5, 0.6) is 5.75 Å². The molecule has 7 nitrogen and oxygen atoms in total. The van der Waals surface area contributed by atoms with E-state index in [1.165, 1.54) is 19.4 Å². The smallest absolute Gasteiger partial charge is 0.410 e. The van der Waals surface area contributed by atoms with Gasteiger partial charge in [0.2, 0.25) is 0 Å². The third-order valence-electron chi connectivity index (χ3n) is 5.13. The van der Waals surface area contributed by atoms with Crippen molar-refractivity contribution in [2.24, 2.45) is 4.99 Å². The van der Waals surface area contributed by atoms with Crippen LogP contribution in [0.2, 0.25) is 0 Å². The fraction of sp³-hybridized carbons (Fsp3) is 0.619. The molecular weight excluding hydrogens is 377 g/mol. The fourth-order valence-corrected chi connectivity index (χ4v) is 3.79. The summed E-state index contributed by atoms with van der Waals surface area (Å²) in [4.78, 5) is 20.4. The van der Waals surface area contributed by atoms with Gasteiger partial charge in [-0.2, -0.15) is 0 Å². The maximum atomic E-state index is 14.2. The lowest BCUT2D eigenvalue weighted by atomic mass is 10.00. The molecule has 0 aliphatic carbocycles. The number of benzene rings is 1. The molecule has 2 atom stereocenters. The summed E-state index contributed by atoms with van der Waals surface area (Å²) < 4.78 is 31.3. The van der Waals surface area contributed by atoms with Gasteiger partial charge in [0.05, 0.1) is 31.4 Å². The zero-order valence-electron chi connectivity index (χ0n) is 17.8. The van der Waals surface area contributed by atoms with E-state index in [0.29, 0.717) is 37.6 Å². The van der Waals surface area contributed by atoms with Gasteiger partial charge in [-0.05, 0) is 32.9 Å². The minimum Gasteiger partial charge on any atom is -0.496 e. The third-order valence-corrected chi connectivity index (χ3v) is 5.13. The van der Waals surface area contributed by atoms with Gasteiger partial charge in [-0.25, -0.2) is 9.18 Å². The lowest BCUT2D eigenvalue weighted by Crippen LogP contribution is -2.60. The Labute approximate surface area is 171 Å². The summed E-state index contributed by atoms with van der Waals surface area (Å²) in [6.45, 7) is 8.62. The van der Waals surface area contributed by atoms with Gasteiger partial charge in [0.15, 0.2) is 0 Å². The predicted octanol–water partition coefficient (Wildman–Crippen LogP) is 2.88. The van der Waals surface area contributed by atoms with Crippen LogP contribution in [-0.2, 0) is 9.47 Å². The summed E-state index contributed by atoms with van der Waals surface area (Å²) in [6.07, 6.45) is 0.935. The van der Waals surface area contributed by atoms with Crippen molar-refractivity contribution in [3.8, 4) is 5.75 Å². The van der Waals surface area contributed by atoms with Crippen molar-refractivity contribution in [1.82, 2.24) is 9.80 Å². The van der Waals surface area contributed by atoms with E-state index in [-0.39, 0.29) is 24.1 Å². The molecule has 2 saturated heterocycles. The summed E-state index contributed by atoms with van der Waals surface area (Å²) in [5.41, 5.74) is 0.617. The highest BCUT2D eigenvalue weighted by Gasteiger charge is 2.37. The first kappa shape index (κ1) is 21.5. The number of hydrogen-bond acceptors (Lipinski definition) is 6. The number of piperazine rings is 1. The monoisotopic (exact) mass is 407 g/mol. The number of fused-ring (bicyclic) bond motifs is 1. The van der Waals surface area contributed by atoms with Gasteiger partial charge in [0.25, 0.3) is 0 Å². The number of carbonyl (C=O) groups is 1. The van der Waals surface area contributed by atoms with E-state index in [0.717, 1.165) is 12.1 Å². The van der Waals surface area contributed by atoms with E-state index in [9.17, 15) is 9.18 Å². The number of carbonyl (C=O) groups excluding carboxylic acids is 1. The van der Waals surface area contributed by atoms with Crippen molar-refractivity contribution < 1.29 is 23.4 Å². The molecule has 2 unspecified atom stereocenters. The molecule has 1 aromatic carbocycles. The van der Waals surface area contributed by atoms with Crippen molar-refractivity contribution in [2.75, 3.05) is 46.9 Å². The highest BCUT2D eigenvalue weighted by molar-refractivity contribution is 5.84. The summed E-state index contributed by atoms with van der Waals surface area (Å²) in [7, 11) is 3.12. The number of methoxy groups -OCH3 is 1. The first-order chi connectivity index (χ1) is 13.7. The number of nitrogens with zero attached hydrogens (tertiary/aromatic N) is 3. The predicted molar refractivity (Wildman–Crippen MR) is 108 cm³/mol. The average molecular weight is 407 g/mol. The van der Waals surface area contributed by atoms with Gasteiger partial charge in [0, 0.05) is 45.0 Å². The van der Waals surface area contributed by atoms with Crippen molar-refractivity contribution in [3.05, 3.63) is 29.1 Å². The van der Waals surface area contributed by atoms with Gasteiger partial charge >= 0.3 is 6.09 Å². The topological polar surface area (TPSA) is 63.6 Å². The van der Waals surface area contributed by atoms with Crippen molar-refractivity contribution in [1.29, 1.82) is 0 Å². The zero-order valence-corrected chi connectivity index (χ0v) is 17.8. The Balaban J connectivity index is 1.71. The van der Waals surface area contributed by atoms with Crippen LogP contribution < -0.4 is 4.74 Å². The summed E-state index contributed by atoms with van der Waals surface area (Å²) in [5.74, 6) is 0.0716. The molecule has 0 spiro atoms. The molecule has 160 valence electrons. The molecule has 0 radical (unpaired) electrons. The van der Waals surface area contributed by atoms with E-state index in [1.54, 1.807) is 18.0 Å².